The number of amides is 1. The highest BCUT2D eigenvalue weighted by Crippen LogP contribution is 2.22. The van der Waals surface area contributed by atoms with Crippen molar-refractivity contribution >= 4 is 44.9 Å². The molecule has 0 saturated heterocycles. The lowest BCUT2D eigenvalue weighted by molar-refractivity contribution is 0.0951. The van der Waals surface area contributed by atoms with Crippen molar-refractivity contribution in [2.75, 3.05) is 12.3 Å². The zero-order valence-electron chi connectivity index (χ0n) is 11.0. The van der Waals surface area contributed by atoms with E-state index in [1.807, 2.05) is 12.1 Å². The molecule has 0 fully saturated rings. The van der Waals surface area contributed by atoms with Crippen molar-refractivity contribution < 1.29 is 4.79 Å². The normalized spacial score (nSPS) is 13.2. The van der Waals surface area contributed by atoms with E-state index in [0.717, 1.165) is 16.0 Å². The fourth-order valence-electron chi connectivity index (χ4n) is 2.05. The standard InChI is InChI=1S/C13H12BrN3O2S2/c14-10-2-1-8(21-10)3-4-15-11(18)9-7-16-13-17(12(9)19)5-6-20-13/h1-2,7H,3-6H2,(H,15,18). The van der Waals surface area contributed by atoms with Crippen molar-refractivity contribution in [3.8, 4) is 0 Å². The molecule has 0 aliphatic carbocycles. The van der Waals surface area contributed by atoms with Gasteiger partial charge in [0.15, 0.2) is 5.16 Å². The van der Waals surface area contributed by atoms with E-state index >= 15 is 0 Å². The topological polar surface area (TPSA) is 64.0 Å². The summed E-state index contributed by atoms with van der Waals surface area (Å²) in [4.78, 5) is 29.6. The third-order valence-corrected chi connectivity index (χ3v) is 5.74. The van der Waals surface area contributed by atoms with Crippen molar-refractivity contribution in [3.63, 3.8) is 0 Å². The van der Waals surface area contributed by atoms with Crippen LogP contribution < -0.4 is 10.9 Å². The number of halogens is 1. The Morgan fingerprint density at radius 1 is 1.48 bits per heavy atom. The van der Waals surface area contributed by atoms with Crippen molar-refractivity contribution in [2.24, 2.45) is 0 Å². The number of nitrogens with one attached hydrogen (secondary N) is 1. The van der Waals surface area contributed by atoms with Gasteiger partial charge in [0.25, 0.3) is 11.5 Å². The SMILES string of the molecule is O=C(NCCc1ccc(Br)s1)c1cnc2n(c1=O)CCS2. The van der Waals surface area contributed by atoms with Crippen LogP contribution >= 0.6 is 39.0 Å². The minimum absolute atomic E-state index is 0.119. The molecule has 0 unspecified atom stereocenters. The van der Waals surface area contributed by atoms with Crippen LogP contribution in [-0.4, -0.2) is 27.8 Å². The Morgan fingerprint density at radius 3 is 3.10 bits per heavy atom. The molecular formula is C13H12BrN3O2S2. The fraction of sp³-hybridized carbons (Fsp3) is 0.308. The molecule has 2 aromatic heterocycles. The Bertz CT molecular complexity index is 741. The summed E-state index contributed by atoms with van der Waals surface area (Å²) < 4.78 is 2.64. The van der Waals surface area contributed by atoms with Gasteiger partial charge in [-0.25, -0.2) is 4.98 Å². The van der Waals surface area contributed by atoms with E-state index in [0.29, 0.717) is 18.2 Å². The van der Waals surface area contributed by atoms with Gasteiger partial charge in [-0.15, -0.1) is 11.3 Å². The van der Waals surface area contributed by atoms with E-state index in [1.54, 1.807) is 15.9 Å². The van der Waals surface area contributed by atoms with Gasteiger partial charge in [0.1, 0.15) is 5.56 Å². The summed E-state index contributed by atoms with van der Waals surface area (Å²) in [6.45, 7) is 1.12. The third-order valence-electron chi connectivity index (χ3n) is 3.09. The molecule has 0 spiro atoms. The molecule has 1 amide bonds. The number of hydrogen-bond donors (Lipinski definition) is 1. The molecule has 1 aliphatic heterocycles. The molecule has 110 valence electrons. The van der Waals surface area contributed by atoms with Crippen LogP contribution in [0.2, 0.25) is 0 Å². The van der Waals surface area contributed by atoms with Crippen LogP contribution in [0.5, 0.6) is 0 Å². The van der Waals surface area contributed by atoms with Gasteiger partial charge in [0.2, 0.25) is 0 Å². The van der Waals surface area contributed by atoms with Gasteiger partial charge < -0.3 is 5.32 Å². The lowest BCUT2D eigenvalue weighted by Crippen LogP contribution is -2.34. The Hall–Kier alpha value is -1.12. The second-order valence-electron chi connectivity index (χ2n) is 4.47. The number of hydrogen-bond acceptors (Lipinski definition) is 5. The van der Waals surface area contributed by atoms with Gasteiger partial charge in [-0.3, -0.25) is 14.2 Å². The van der Waals surface area contributed by atoms with Crippen LogP contribution in [0, 0.1) is 0 Å². The zero-order valence-corrected chi connectivity index (χ0v) is 14.2. The minimum atomic E-state index is -0.352. The Morgan fingerprint density at radius 2 is 2.33 bits per heavy atom. The third kappa shape index (κ3) is 3.22. The Labute approximate surface area is 137 Å². The molecule has 21 heavy (non-hydrogen) atoms. The first-order valence-corrected chi connectivity index (χ1v) is 9.00. The van der Waals surface area contributed by atoms with E-state index < -0.39 is 0 Å². The van der Waals surface area contributed by atoms with Gasteiger partial charge in [-0.2, -0.15) is 0 Å². The predicted molar refractivity (Wildman–Crippen MR) is 87.3 cm³/mol. The van der Waals surface area contributed by atoms with E-state index in [4.69, 9.17) is 0 Å². The molecule has 0 bridgehead atoms. The number of carbonyl (C=O) groups excluding carboxylic acids is 1. The van der Waals surface area contributed by atoms with Gasteiger partial charge in [0.05, 0.1) is 3.79 Å². The van der Waals surface area contributed by atoms with E-state index in [9.17, 15) is 9.59 Å². The van der Waals surface area contributed by atoms with Gasteiger partial charge in [-0.05, 0) is 34.5 Å². The number of carbonyl (C=O) groups is 1. The molecular weight excluding hydrogens is 374 g/mol. The largest absolute Gasteiger partial charge is 0.351 e. The highest BCUT2D eigenvalue weighted by molar-refractivity contribution is 9.11. The summed E-state index contributed by atoms with van der Waals surface area (Å²) in [6, 6.07) is 4.00. The lowest BCUT2D eigenvalue weighted by atomic mass is 10.3. The van der Waals surface area contributed by atoms with Crippen LogP contribution in [0.1, 0.15) is 15.2 Å². The molecule has 1 N–H and O–H groups in total. The van der Waals surface area contributed by atoms with Gasteiger partial charge >= 0.3 is 0 Å². The highest BCUT2D eigenvalue weighted by atomic mass is 79.9. The molecule has 0 aromatic carbocycles. The van der Waals surface area contributed by atoms with E-state index in [1.165, 1.54) is 22.8 Å². The number of thiophene rings is 1. The van der Waals surface area contributed by atoms with Crippen molar-refractivity contribution in [2.45, 2.75) is 18.1 Å². The number of rotatable bonds is 4. The van der Waals surface area contributed by atoms with Crippen LogP contribution in [0.4, 0.5) is 0 Å². The molecule has 0 atom stereocenters. The summed E-state index contributed by atoms with van der Waals surface area (Å²) in [7, 11) is 0. The smallest absolute Gasteiger partial charge is 0.267 e. The van der Waals surface area contributed by atoms with Gasteiger partial charge in [0, 0.05) is 29.9 Å². The lowest BCUT2D eigenvalue weighted by Gasteiger charge is -2.06. The second kappa shape index (κ2) is 6.33. The van der Waals surface area contributed by atoms with E-state index in [-0.39, 0.29) is 17.0 Å². The molecule has 8 heteroatoms. The highest BCUT2D eigenvalue weighted by Gasteiger charge is 2.19. The summed E-state index contributed by atoms with van der Waals surface area (Å²) in [5.74, 6) is 0.482. The van der Waals surface area contributed by atoms with Crippen LogP contribution in [0.15, 0.2) is 32.1 Å². The Kier molecular flexibility index (Phi) is 4.46. The molecule has 0 radical (unpaired) electrons. The molecule has 5 nitrogen and oxygen atoms in total. The molecule has 2 aromatic rings. The number of thioether (sulfide) groups is 1. The Balaban J connectivity index is 1.65. The maximum absolute atomic E-state index is 12.2. The van der Waals surface area contributed by atoms with Gasteiger partial charge in [-0.1, -0.05) is 11.8 Å². The summed E-state index contributed by atoms with van der Waals surface area (Å²) >= 11 is 6.58. The second-order valence-corrected chi connectivity index (χ2v) is 8.08. The predicted octanol–water partition coefficient (Wildman–Crippen LogP) is 2.15. The first-order valence-electron chi connectivity index (χ1n) is 6.40. The van der Waals surface area contributed by atoms with Crippen LogP contribution in [-0.2, 0) is 13.0 Å². The van der Waals surface area contributed by atoms with Crippen molar-refractivity contribution in [1.29, 1.82) is 0 Å². The van der Waals surface area contributed by atoms with Crippen molar-refractivity contribution in [1.82, 2.24) is 14.9 Å². The van der Waals surface area contributed by atoms with Crippen molar-refractivity contribution in [3.05, 3.63) is 42.9 Å². The average molecular weight is 386 g/mol. The number of aromatic nitrogens is 2. The summed E-state index contributed by atoms with van der Waals surface area (Å²) in [6.07, 6.45) is 2.13. The maximum Gasteiger partial charge on any atom is 0.267 e. The molecule has 3 heterocycles. The minimum Gasteiger partial charge on any atom is -0.351 e. The average Bonchev–Trinajstić information content (AvgIpc) is 3.08. The summed E-state index contributed by atoms with van der Waals surface area (Å²) in [5.41, 5.74) is -0.130. The van der Waals surface area contributed by atoms with Crippen LogP contribution in [0.25, 0.3) is 0 Å². The summed E-state index contributed by atoms with van der Waals surface area (Å²) in [5, 5.41) is 3.48. The first-order chi connectivity index (χ1) is 10.1. The zero-order chi connectivity index (χ0) is 14.8. The van der Waals surface area contributed by atoms with E-state index in [2.05, 4.69) is 26.2 Å². The number of nitrogens with zero attached hydrogens (tertiary/aromatic N) is 2. The van der Waals surface area contributed by atoms with Crippen LogP contribution in [0.3, 0.4) is 0 Å². The maximum atomic E-state index is 12.2. The molecule has 3 rings (SSSR count). The quantitative estimate of drug-likeness (QED) is 0.818. The number of fused-ring (bicyclic) bond motifs is 1. The monoisotopic (exact) mass is 385 g/mol. The molecule has 1 aliphatic rings. The molecule has 0 saturated carbocycles. The first kappa shape index (κ1) is 14.8. The fourth-order valence-corrected chi connectivity index (χ4v) is 4.45.